The van der Waals surface area contributed by atoms with E-state index in [1.165, 1.54) is 33.3 Å². The molecule has 3 nitrogen and oxygen atoms in total. The number of nitrogens with zero attached hydrogens (tertiary/aromatic N) is 3. The second kappa shape index (κ2) is 6.21. The van der Waals surface area contributed by atoms with Gasteiger partial charge in [-0.3, -0.25) is 0 Å². The molecule has 1 aliphatic heterocycles. The van der Waals surface area contributed by atoms with E-state index < -0.39 is 0 Å². The molecule has 25 heavy (non-hydrogen) atoms. The van der Waals surface area contributed by atoms with Gasteiger partial charge in [0.15, 0.2) is 5.82 Å². The van der Waals surface area contributed by atoms with Crippen LogP contribution in [0.5, 0.6) is 0 Å². The van der Waals surface area contributed by atoms with Crippen LogP contribution in [0.4, 0.5) is 5.82 Å². The number of rotatable bonds is 3. The van der Waals surface area contributed by atoms with Gasteiger partial charge >= 0.3 is 0 Å². The first-order chi connectivity index (χ1) is 12.1. The lowest BCUT2D eigenvalue weighted by Gasteiger charge is -2.30. The number of aryl methyl sites for hydroxylation is 1. The van der Waals surface area contributed by atoms with Gasteiger partial charge in [-0.05, 0) is 48.9 Å². The monoisotopic (exact) mass is 333 g/mol. The maximum absolute atomic E-state index is 4.83. The van der Waals surface area contributed by atoms with Crippen molar-refractivity contribution in [3.63, 3.8) is 0 Å². The Morgan fingerprint density at radius 1 is 1.08 bits per heavy atom. The molecule has 3 heterocycles. The highest BCUT2D eigenvalue weighted by molar-refractivity contribution is 5.93. The Morgan fingerprint density at radius 3 is 2.60 bits per heavy atom. The Labute approximate surface area is 150 Å². The molecule has 1 aliphatic rings. The maximum atomic E-state index is 4.83. The zero-order chi connectivity index (χ0) is 17.6. The lowest BCUT2D eigenvalue weighted by atomic mass is 10.00. The highest BCUT2D eigenvalue weighted by Gasteiger charge is 2.22. The van der Waals surface area contributed by atoms with Crippen molar-refractivity contribution in [1.82, 2.24) is 9.55 Å². The highest BCUT2D eigenvalue weighted by atomic mass is 15.2. The minimum absolute atomic E-state index is 0.615. The first-order valence-electron chi connectivity index (χ1n) is 9.32. The summed E-state index contributed by atoms with van der Waals surface area (Å²) in [5.74, 6) is 1.76. The summed E-state index contributed by atoms with van der Waals surface area (Å²) in [6.45, 7) is 12.1. The van der Waals surface area contributed by atoms with E-state index in [1.807, 2.05) is 6.20 Å². The van der Waals surface area contributed by atoms with Crippen LogP contribution in [-0.4, -0.2) is 16.1 Å². The van der Waals surface area contributed by atoms with Crippen molar-refractivity contribution in [2.75, 3.05) is 11.4 Å². The molecule has 3 heteroatoms. The minimum Gasteiger partial charge on any atom is -0.350 e. The Kier molecular flexibility index (Phi) is 4.03. The molecule has 3 aromatic rings. The summed E-state index contributed by atoms with van der Waals surface area (Å²) in [6.07, 6.45) is 3.07. The Hall–Kier alpha value is -2.29. The first-order valence-corrected chi connectivity index (χ1v) is 9.32. The number of anilines is 1. The minimum atomic E-state index is 0.615. The van der Waals surface area contributed by atoms with Gasteiger partial charge < -0.3 is 9.47 Å². The van der Waals surface area contributed by atoms with Crippen LogP contribution in [0.1, 0.15) is 36.2 Å². The molecule has 0 saturated heterocycles. The normalized spacial score (nSPS) is 14.4. The fourth-order valence-corrected chi connectivity index (χ4v) is 4.08. The van der Waals surface area contributed by atoms with Crippen molar-refractivity contribution in [1.29, 1.82) is 0 Å². The van der Waals surface area contributed by atoms with Gasteiger partial charge in [-0.15, -0.1) is 0 Å². The SMILES string of the molecule is Cc1c(C)n(CC(C)C)c2c(N3CCc4ccccc4C3)nccc12. The lowest BCUT2D eigenvalue weighted by Crippen LogP contribution is -2.31. The van der Waals surface area contributed by atoms with Crippen molar-refractivity contribution in [3.05, 3.63) is 58.9 Å². The molecule has 2 aromatic heterocycles. The smallest absolute Gasteiger partial charge is 0.153 e. The van der Waals surface area contributed by atoms with Crippen molar-refractivity contribution in [2.45, 2.75) is 47.2 Å². The van der Waals surface area contributed by atoms with Gasteiger partial charge in [-0.2, -0.15) is 0 Å². The predicted molar refractivity (Wildman–Crippen MR) is 105 cm³/mol. The van der Waals surface area contributed by atoms with Gasteiger partial charge in [-0.25, -0.2) is 4.98 Å². The maximum Gasteiger partial charge on any atom is 0.153 e. The van der Waals surface area contributed by atoms with E-state index in [4.69, 9.17) is 4.98 Å². The van der Waals surface area contributed by atoms with Crippen LogP contribution in [0.15, 0.2) is 36.5 Å². The second-order valence-corrected chi connectivity index (χ2v) is 7.69. The van der Waals surface area contributed by atoms with Gasteiger partial charge in [0.2, 0.25) is 0 Å². The summed E-state index contributed by atoms with van der Waals surface area (Å²) in [6, 6.07) is 11.0. The number of benzene rings is 1. The molecular weight excluding hydrogens is 306 g/mol. The molecule has 4 rings (SSSR count). The van der Waals surface area contributed by atoms with E-state index in [0.717, 1.165) is 31.9 Å². The average molecular weight is 333 g/mol. The van der Waals surface area contributed by atoms with Crippen LogP contribution in [0.25, 0.3) is 10.9 Å². The third kappa shape index (κ3) is 2.72. The topological polar surface area (TPSA) is 21.1 Å². The van der Waals surface area contributed by atoms with Crippen molar-refractivity contribution in [2.24, 2.45) is 5.92 Å². The van der Waals surface area contributed by atoms with Gasteiger partial charge in [0.25, 0.3) is 0 Å². The molecule has 0 spiro atoms. The van der Waals surface area contributed by atoms with E-state index in [1.54, 1.807) is 0 Å². The van der Waals surface area contributed by atoms with Crippen LogP contribution < -0.4 is 4.90 Å². The standard InChI is InChI=1S/C22H27N3/c1-15(2)13-25-17(4)16(3)20-9-11-23-22(21(20)25)24-12-10-18-7-5-6-8-19(18)14-24/h5-9,11,15H,10,12-14H2,1-4H3. The molecule has 0 radical (unpaired) electrons. The molecule has 0 amide bonds. The third-order valence-electron chi connectivity index (χ3n) is 5.50. The van der Waals surface area contributed by atoms with Crippen molar-refractivity contribution >= 4 is 16.7 Å². The molecule has 0 N–H and O–H groups in total. The molecule has 0 atom stereocenters. The number of fused-ring (bicyclic) bond motifs is 2. The third-order valence-corrected chi connectivity index (χ3v) is 5.50. The average Bonchev–Trinajstić information content (AvgIpc) is 2.86. The van der Waals surface area contributed by atoms with E-state index in [9.17, 15) is 0 Å². The van der Waals surface area contributed by atoms with Crippen molar-refractivity contribution in [3.8, 4) is 0 Å². The molecule has 0 aliphatic carbocycles. The summed E-state index contributed by atoms with van der Waals surface area (Å²) in [5, 5.41) is 1.35. The van der Waals surface area contributed by atoms with Gasteiger partial charge in [-0.1, -0.05) is 38.1 Å². The summed E-state index contributed by atoms with van der Waals surface area (Å²) in [5.41, 5.74) is 6.98. The molecule has 0 bridgehead atoms. The summed E-state index contributed by atoms with van der Waals surface area (Å²) < 4.78 is 2.48. The van der Waals surface area contributed by atoms with Crippen LogP contribution in [0, 0.1) is 19.8 Å². The molecular formula is C22H27N3. The highest BCUT2D eigenvalue weighted by Crippen LogP contribution is 2.34. The van der Waals surface area contributed by atoms with Crippen LogP contribution >= 0.6 is 0 Å². The van der Waals surface area contributed by atoms with Crippen LogP contribution in [0.2, 0.25) is 0 Å². The lowest BCUT2D eigenvalue weighted by molar-refractivity contribution is 0.526. The van der Waals surface area contributed by atoms with Gasteiger partial charge in [0.05, 0.1) is 5.52 Å². The Bertz CT molecular complexity index is 920. The number of hydrogen-bond donors (Lipinski definition) is 0. The largest absolute Gasteiger partial charge is 0.350 e. The second-order valence-electron chi connectivity index (χ2n) is 7.69. The number of pyridine rings is 1. The fraction of sp³-hybridized carbons (Fsp3) is 0.409. The Balaban J connectivity index is 1.84. The summed E-state index contributed by atoms with van der Waals surface area (Å²) in [7, 11) is 0. The molecule has 1 aromatic carbocycles. The molecule has 0 unspecified atom stereocenters. The van der Waals surface area contributed by atoms with E-state index >= 15 is 0 Å². The fourth-order valence-electron chi connectivity index (χ4n) is 4.08. The van der Waals surface area contributed by atoms with Gasteiger partial charge in [0, 0.05) is 36.9 Å². The van der Waals surface area contributed by atoms with Crippen LogP contribution in [-0.2, 0) is 19.5 Å². The molecule has 0 saturated carbocycles. The van der Waals surface area contributed by atoms with E-state index in [2.05, 4.69) is 67.5 Å². The summed E-state index contributed by atoms with van der Waals surface area (Å²) >= 11 is 0. The van der Waals surface area contributed by atoms with E-state index in [-0.39, 0.29) is 0 Å². The first kappa shape index (κ1) is 16.2. The van der Waals surface area contributed by atoms with Crippen molar-refractivity contribution < 1.29 is 0 Å². The quantitative estimate of drug-likeness (QED) is 0.682. The van der Waals surface area contributed by atoms with Crippen LogP contribution in [0.3, 0.4) is 0 Å². The zero-order valence-electron chi connectivity index (χ0n) is 15.7. The molecule has 130 valence electrons. The molecule has 0 fully saturated rings. The predicted octanol–water partition coefficient (Wildman–Crippen LogP) is 4.87. The number of hydrogen-bond acceptors (Lipinski definition) is 2. The summed E-state index contributed by atoms with van der Waals surface area (Å²) in [4.78, 5) is 7.29. The van der Waals surface area contributed by atoms with Gasteiger partial charge in [0.1, 0.15) is 0 Å². The zero-order valence-corrected chi connectivity index (χ0v) is 15.7. The van der Waals surface area contributed by atoms with E-state index in [0.29, 0.717) is 5.92 Å². The number of aromatic nitrogens is 2. The Morgan fingerprint density at radius 2 is 1.84 bits per heavy atom.